The highest BCUT2D eigenvalue weighted by atomic mass is 16.4. The number of aromatic nitrogens is 2. The van der Waals surface area contributed by atoms with Crippen molar-refractivity contribution in [2.45, 2.75) is 26.2 Å². The van der Waals surface area contributed by atoms with Crippen LogP contribution in [0.15, 0.2) is 4.42 Å². The predicted molar refractivity (Wildman–Crippen MR) is 37.7 cm³/mol. The van der Waals surface area contributed by atoms with Gasteiger partial charge in [-0.3, -0.25) is 0 Å². The van der Waals surface area contributed by atoms with E-state index in [-0.39, 0.29) is 11.3 Å². The van der Waals surface area contributed by atoms with Gasteiger partial charge in [-0.1, -0.05) is 25.9 Å². The fourth-order valence-electron chi connectivity index (χ4n) is 0.571. The Hall–Kier alpha value is -1.37. The molecule has 0 aliphatic heterocycles. The lowest BCUT2D eigenvalue weighted by molar-refractivity contribution is 0.387. The molecule has 0 N–H and O–H groups in total. The molecule has 0 spiro atoms. The molecule has 0 aliphatic rings. The van der Waals surface area contributed by atoms with Gasteiger partial charge in [-0.2, -0.15) is 5.26 Å². The van der Waals surface area contributed by atoms with Crippen molar-refractivity contribution in [1.82, 2.24) is 10.2 Å². The Morgan fingerprint density at radius 1 is 1.36 bits per heavy atom. The lowest BCUT2D eigenvalue weighted by Gasteiger charge is -2.10. The second-order valence-electron chi connectivity index (χ2n) is 3.27. The molecule has 0 radical (unpaired) electrons. The van der Waals surface area contributed by atoms with Crippen LogP contribution >= 0.6 is 0 Å². The third-order valence-electron chi connectivity index (χ3n) is 1.16. The van der Waals surface area contributed by atoms with Crippen LogP contribution in [0, 0.1) is 11.3 Å². The Kier molecular flexibility index (Phi) is 1.65. The van der Waals surface area contributed by atoms with Gasteiger partial charge in [0.1, 0.15) is 0 Å². The Balaban J connectivity index is 3.01. The first-order chi connectivity index (χ1) is 5.04. The average molecular weight is 151 g/mol. The lowest BCUT2D eigenvalue weighted by Crippen LogP contribution is -2.11. The molecule has 0 aliphatic carbocycles. The van der Waals surface area contributed by atoms with Gasteiger partial charge < -0.3 is 4.42 Å². The number of rotatable bonds is 0. The van der Waals surface area contributed by atoms with Crippen molar-refractivity contribution < 1.29 is 4.42 Å². The molecule has 0 aromatic carbocycles. The molecular formula is C7H9N3O. The molecule has 0 unspecified atom stereocenters. The fourth-order valence-corrected chi connectivity index (χ4v) is 0.571. The van der Waals surface area contributed by atoms with E-state index in [1.165, 1.54) is 0 Å². The predicted octanol–water partition coefficient (Wildman–Crippen LogP) is 1.24. The van der Waals surface area contributed by atoms with Crippen LogP contribution in [-0.4, -0.2) is 10.2 Å². The van der Waals surface area contributed by atoms with E-state index in [0.717, 1.165) is 0 Å². The SMILES string of the molecule is CC(C)(C)c1nnc(C#N)o1. The van der Waals surface area contributed by atoms with Crippen LogP contribution in [0.5, 0.6) is 0 Å². The summed E-state index contributed by atoms with van der Waals surface area (Å²) >= 11 is 0. The summed E-state index contributed by atoms with van der Waals surface area (Å²) in [5, 5.41) is 15.6. The molecule has 0 saturated carbocycles. The minimum Gasteiger partial charge on any atom is -0.412 e. The van der Waals surface area contributed by atoms with Crippen LogP contribution in [-0.2, 0) is 5.41 Å². The van der Waals surface area contributed by atoms with E-state index in [2.05, 4.69) is 10.2 Å². The van der Waals surface area contributed by atoms with Gasteiger partial charge in [-0.15, -0.1) is 5.10 Å². The number of nitrogens with zero attached hydrogens (tertiary/aromatic N) is 3. The molecule has 0 saturated heterocycles. The summed E-state index contributed by atoms with van der Waals surface area (Å²) in [5.74, 6) is 0.518. The number of hydrogen-bond donors (Lipinski definition) is 0. The maximum Gasteiger partial charge on any atom is 0.321 e. The molecule has 58 valence electrons. The maximum absolute atomic E-state index is 8.37. The van der Waals surface area contributed by atoms with Crippen molar-refractivity contribution in [2.24, 2.45) is 0 Å². The molecule has 4 heteroatoms. The largest absolute Gasteiger partial charge is 0.412 e. The van der Waals surface area contributed by atoms with E-state index < -0.39 is 0 Å². The summed E-state index contributed by atoms with van der Waals surface area (Å²) in [5.41, 5.74) is -0.178. The van der Waals surface area contributed by atoms with Crippen LogP contribution in [0.4, 0.5) is 0 Å². The molecule has 11 heavy (non-hydrogen) atoms. The lowest BCUT2D eigenvalue weighted by atomic mass is 9.97. The van der Waals surface area contributed by atoms with Crippen molar-refractivity contribution in [1.29, 1.82) is 5.26 Å². The second kappa shape index (κ2) is 2.35. The zero-order valence-electron chi connectivity index (χ0n) is 6.75. The van der Waals surface area contributed by atoms with Crippen molar-refractivity contribution in [3.05, 3.63) is 11.8 Å². The standard InChI is InChI=1S/C7H9N3O/c1-7(2,3)6-10-9-5(4-8)11-6/h1-3H3. The molecule has 1 rings (SSSR count). The van der Waals surface area contributed by atoms with Gasteiger partial charge in [0, 0.05) is 5.41 Å². The monoisotopic (exact) mass is 151 g/mol. The minimum absolute atomic E-state index is 0.0231. The molecule has 0 atom stereocenters. The Labute approximate surface area is 64.9 Å². The summed E-state index contributed by atoms with van der Waals surface area (Å²) in [6, 6.07) is 1.78. The van der Waals surface area contributed by atoms with Gasteiger partial charge >= 0.3 is 5.89 Å². The van der Waals surface area contributed by atoms with E-state index in [0.29, 0.717) is 5.89 Å². The summed E-state index contributed by atoms with van der Waals surface area (Å²) in [6.45, 7) is 5.84. The van der Waals surface area contributed by atoms with Crippen LogP contribution in [0.3, 0.4) is 0 Å². The van der Waals surface area contributed by atoms with Gasteiger partial charge in [0.05, 0.1) is 0 Å². The zero-order valence-corrected chi connectivity index (χ0v) is 6.75. The molecule has 1 aromatic heterocycles. The molecule has 0 bridgehead atoms. The van der Waals surface area contributed by atoms with E-state index in [9.17, 15) is 0 Å². The number of hydrogen-bond acceptors (Lipinski definition) is 4. The third kappa shape index (κ3) is 1.55. The van der Waals surface area contributed by atoms with Crippen LogP contribution in [0.1, 0.15) is 32.6 Å². The fraction of sp³-hybridized carbons (Fsp3) is 0.571. The topological polar surface area (TPSA) is 62.7 Å². The van der Waals surface area contributed by atoms with Gasteiger partial charge in [-0.25, -0.2) is 0 Å². The van der Waals surface area contributed by atoms with Crippen molar-refractivity contribution >= 4 is 0 Å². The first kappa shape index (κ1) is 7.73. The van der Waals surface area contributed by atoms with Crippen LogP contribution in [0.2, 0.25) is 0 Å². The summed E-state index contributed by atoms with van der Waals surface area (Å²) in [7, 11) is 0. The van der Waals surface area contributed by atoms with Crippen LogP contribution < -0.4 is 0 Å². The summed E-state index contributed by atoms with van der Waals surface area (Å²) < 4.78 is 5.01. The average Bonchev–Trinajstić information content (AvgIpc) is 2.32. The normalized spacial score (nSPS) is 11.1. The van der Waals surface area contributed by atoms with Crippen molar-refractivity contribution in [3.63, 3.8) is 0 Å². The minimum atomic E-state index is -0.178. The van der Waals surface area contributed by atoms with E-state index >= 15 is 0 Å². The summed E-state index contributed by atoms with van der Waals surface area (Å²) in [6.07, 6.45) is 0. The van der Waals surface area contributed by atoms with Crippen molar-refractivity contribution in [3.8, 4) is 6.07 Å². The molecule has 4 nitrogen and oxygen atoms in total. The molecule has 1 aromatic rings. The van der Waals surface area contributed by atoms with Gasteiger partial charge in [0.2, 0.25) is 5.89 Å². The van der Waals surface area contributed by atoms with Gasteiger partial charge in [-0.05, 0) is 0 Å². The van der Waals surface area contributed by atoms with E-state index in [4.69, 9.17) is 9.68 Å². The second-order valence-corrected chi connectivity index (χ2v) is 3.27. The highest BCUT2D eigenvalue weighted by Gasteiger charge is 2.20. The van der Waals surface area contributed by atoms with Crippen molar-refractivity contribution in [2.75, 3.05) is 0 Å². The summed E-state index contributed by atoms with van der Waals surface area (Å²) in [4.78, 5) is 0. The highest BCUT2D eigenvalue weighted by molar-refractivity contribution is 5.05. The highest BCUT2D eigenvalue weighted by Crippen LogP contribution is 2.19. The zero-order chi connectivity index (χ0) is 8.48. The molecule has 1 heterocycles. The van der Waals surface area contributed by atoms with Gasteiger partial charge in [0.25, 0.3) is 0 Å². The Morgan fingerprint density at radius 3 is 2.27 bits per heavy atom. The smallest absolute Gasteiger partial charge is 0.321 e. The molecule has 0 amide bonds. The number of nitriles is 1. The Morgan fingerprint density at radius 2 is 2.00 bits per heavy atom. The first-order valence-corrected chi connectivity index (χ1v) is 3.28. The first-order valence-electron chi connectivity index (χ1n) is 3.28. The molecular weight excluding hydrogens is 142 g/mol. The van der Waals surface area contributed by atoms with Gasteiger partial charge in [0.15, 0.2) is 6.07 Å². The van der Waals surface area contributed by atoms with E-state index in [1.807, 2.05) is 20.8 Å². The van der Waals surface area contributed by atoms with Crippen LogP contribution in [0.25, 0.3) is 0 Å². The quantitative estimate of drug-likeness (QED) is 0.559. The molecule has 0 fully saturated rings. The third-order valence-corrected chi connectivity index (χ3v) is 1.16. The van der Waals surface area contributed by atoms with E-state index in [1.54, 1.807) is 6.07 Å². The maximum atomic E-state index is 8.37. The Bertz CT molecular complexity index is 289.